The molecule has 0 unspecified atom stereocenters. The van der Waals surface area contributed by atoms with Crippen molar-refractivity contribution in [3.05, 3.63) is 35.4 Å². The molecule has 3 rings (SSSR count). The number of nitrogens with one attached hydrogen (secondary N) is 2. The van der Waals surface area contributed by atoms with E-state index in [-0.39, 0.29) is 17.9 Å². The van der Waals surface area contributed by atoms with Crippen molar-refractivity contribution in [1.29, 1.82) is 0 Å². The molecule has 1 aromatic carbocycles. The first-order valence-electron chi connectivity index (χ1n) is 9.56. The average Bonchev–Trinajstić information content (AvgIpc) is 3.50. The average molecular weight is 387 g/mol. The Labute approximate surface area is 163 Å². The standard InChI is InChI=1S/C20H25N3O5/c1-13-4-2-3-5-16(13)18(25)23-10-8-14(9-11-23)19(26)28-12-17(24)22-20(27)21-15-6-7-15/h2-5,14-15H,6-12H2,1H3,(H2,21,22,24,27). The Morgan fingerprint density at radius 1 is 1.07 bits per heavy atom. The number of aryl methyl sites for hydroxylation is 1. The van der Waals surface area contributed by atoms with Gasteiger partial charge in [0.2, 0.25) is 0 Å². The fourth-order valence-electron chi connectivity index (χ4n) is 3.17. The third-order valence-electron chi connectivity index (χ3n) is 5.00. The number of piperidine rings is 1. The van der Waals surface area contributed by atoms with Crippen LogP contribution in [0.5, 0.6) is 0 Å². The summed E-state index contributed by atoms with van der Waals surface area (Å²) in [5, 5.41) is 4.76. The van der Waals surface area contributed by atoms with Crippen LogP contribution in [-0.4, -0.2) is 54.5 Å². The van der Waals surface area contributed by atoms with Gasteiger partial charge in [-0.15, -0.1) is 0 Å². The topological polar surface area (TPSA) is 105 Å². The zero-order valence-electron chi connectivity index (χ0n) is 15.9. The van der Waals surface area contributed by atoms with Crippen LogP contribution in [0.3, 0.4) is 0 Å². The van der Waals surface area contributed by atoms with Crippen molar-refractivity contribution in [2.75, 3.05) is 19.7 Å². The largest absolute Gasteiger partial charge is 0.455 e. The van der Waals surface area contributed by atoms with Crippen LogP contribution in [-0.2, 0) is 14.3 Å². The van der Waals surface area contributed by atoms with E-state index in [0.29, 0.717) is 31.5 Å². The van der Waals surface area contributed by atoms with Crippen molar-refractivity contribution in [3.8, 4) is 0 Å². The van der Waals surface area contributed by atoms with Crippen molar-refractivity contribution in [2.45, 2.75) is 38.6 Å². The predicted octanol–water partition coefficient (Wildman–Crippen LogP) is 1.38. The summed E-state index contributed by atoms with van der Waals surface area (Å²) in [5.74, 6) is -1.51. The predicted molar refractivity (Wildman–Crippen MR) is 100 cm³/mol. The van der Waals surface area contributed by atoms with Crippen LogP contribution in [0.2, 0.25) is 0 Å². The number of hydrogen-bond donors (Lipinski definition) is 2. The molecule has 1 aliphatic carbocycles. The number of hydrogen-bond acceptors (Lipinski definition) is 5. The summed E-state index contributed by atoms with van der Waals surface area (Å²) in [4.78, 5) is 49.7. The maximum atomic E-state index is 12.6. The lowest BCUT2D eigenvalue weighted by Crippen LogP contribution is -2.43. The second kappa shape index (κ2) is 8.86. The van der Waals surface area contributed by atoms with Gasteiger partial charge in [-0.25, -0.2) is 4.79 Å². The van der Waals surface area contributed by atoms with Crippen LogP contribution in [0.1, 0.15) is 41.6 Å². The number of ether oxygens (including phenoxy) is 1. The summed E-state index contributed by atoms with van der Waals surface area (Å²) in [6, 6.07) is 7.00. The number of benzene rings is 1. The van der Waals surface area contributed by atoms with Crippen LogP contribution in [0, 0.1) is 12.8 Å². The van der Waals surface area contributed by atoms with E-state index < -0.39 is 24.5 Å². The highest BCUT2D eigenvalue weighted by molar-refractivity contribution is 5.96. The summed E-state index contributed by atoms with van der Waals surface area (Å²) < 4.78 is 5.03. The molecule has 1 aromatic rings. The highest BCUT2D eigenvalue weighted by Gasteiger charge is 2.30. The minimum absolute atomic E-state index is 0.0361. The molecule has 0 radical (unpaired) electrons. The highest BCUT2D eigenvalue weighted by atomic mass is 16.5. The number of carbonyl (C=O) groups is 4. The van der Waals surface area contributed by atoms with Crippen LogP contribution >= 0.6 is 0 Å². The van der Waals surface area contributed by atoms with Gasteiger partial charge in [0.25, 0.3) is 11.8 Å². The van der Waals surface area contributed by atoms with E-state index in [0.717, 1.165) is 18.4 Å². The third kappa shape index (κ3) is 5.31. The lowest BCUT2D eigenvalue weighted by Gasteiger charge is -2.31. The van der Waals surface area contributed by atoms with Crippen molar-refractivity contribution >= 4 is 23.8 Å². The minimum atomic E-state index is -0.654. The van der Waals surface area contributed by atoms with Crippen LogP contribution in [0.4, 0.5) is 4.79 Å². The molecule has 4 amide bonds. The van der Waals surface area contributed by atoms with E-state index in [2.05, 4.69) is 10.6 Å². The van der Waals surface area contributed by atoms with E-state index in [1.165, 1.54) is 0 Å². The van der Waals surface area contributed by atoms with Gasteiger partial charge >= 0.3 is 12.0 Å². The van der Waals surface area contributed by atoms with Gasteiger partial charge in [-0.1, -0.05) is 18.2 Å². The molecule has 1 heterocycles. The van der Waals surface area contributed by atoms with Crippen molar-refractivity contribution in [3.63, 3.8) is 0 Å². The molecular weight excluding hydrogens is 362 g/mol. The monoisotopic (exact) mass is 387 g/mol. The molecule has 8 heteroatoms. The van der Waals surface area contributed by atoms with E-state index in [9.17, 15) is 19.2 Å². The van der Waals surface area contributed by atoms with Gasteiger partial charge in [-0.05, 0) is 44.2 Å². The summed E-state index contributed by atoms with van der Waals surface area (Å²) in [7, 11) is 0. The van der Waals surface area contributed by atoms with Gasteiger partial charge < -0.3 is 15.0 Å². The first-order chi connectivity index (χ1) is 13.4. The smallest absolute Gasteiger partial charge is 0.321 e. The molecule has 150 valence electrons. The number of carbonyl (C=O) groups excluding carboxylic acids is 4. The summed E-state index contributed by atoms with van der Waals surface area (Å²) in [6.07, 6.45) is 2.81. The number of imide groups is 1. The summed E-state index contributed by atoms with van der Waals surface area (Å²) in [6.45, 7) is 2.33. The third-order valence-corrected chi connectivity index (χ3v) is 5.00. The van der Waals surface area contributed by atoms with Gasteiger partial charge in [0.15, 0.2) is 6.61 Å². The molecular formula is C20H25N3O5. The molecule has 2 fully saturated rings. The number of amides is 4. The number of esters is 1. The Morgan fingerprint density at radius 2 is 1.75 bits per heavy atom. The maximum Gasteiger partial charge on any atom is 0.321 e. The Kier molecular flexibility index (Phi) is 6.28. The highest BCUT2D eigenvalue weighted by Crippen LogP contribution is 2.21. The Balaban J connectivity index is 1.39. The van der Waals surface area contributed by atoms with Gasteiger partial charge in [-0.3, -0.25) is 19.7 Å². The van der Waals surface area contributed by atoms with Crippen LogP contribution in [0.25, 0.3) is 0 Å². The van der Waals surface area contributed by atoms with Gasteiger partial charge in [0.05, 0.1) is 5.92 Å². The molecule has 2 aliphatic rings. The van der Waals surface area contributed by atoms with Gasteiger partial charge in [-0.2, -0.15) is 0 Å². The van der Waals surface area contributed by atoms with E-state index in [1.54, 1.807) is 11.0 Å². The lowest BCUT2D eigenvalue weighted by atomic mass is 9.96. The first kappa shape index (κ1) is 19.9. The number of urea groups is 1. The Morgan fingerprint density at radius 3 is 2.39 bits per heavy atom. The maximum absolute atomic E-state index is 12.6. The molecule has 2 N–H and O–H groups in total. The molecule has 0 aromatic heterocycles. The molecule has 1 saturated carbocycles. The minimum Gasteiger partial charge on any atom is -0.455 e. The zero-order valence-corrected chi connectivity index (χ0v) is 15.9. The summed E-state index contributed by atoms with van der Waals surface area (Å²) >= 11 is 0. The van der Waals surface area contributed by atoms with Crippen molar-refractivity contribution in [2.24, 2.45) is 5.92 Å². The molecule has 1 aliphatic heterocycles. The van der Waals surface area contributed by atoms with Gasteiger partial charge in [0.1, 0.15) is 0 Å². The molecule has 0 bridgehead atoms. The second-order valence-electron chi connectivity index (χ2n) is 7.29. The second-order valence-corrected chi connectivity index (χ2v) is 7.29. The Hall–Kier alpha value is -2.90. The quantitative estimate of drug-likeness (QED) is 0.743. The van der Waals surface area contributed by atoms with E-state index in [1.807, 2.05) is 25.1 Å². The lowest BCUT2D eigenvalue weighted by molar-refractivity contribution is -0.153. The van der Waals surface area contributed by atoms with E-state index >= 15 is 0 Å². The summed E-state index contributed by atoms with van der Waals surface area (Å²) in [5.41, 5.74) is 1.59. The number of nitrogens with zero attached hydrogens (tertiary/aromatic N) is 1. The Bertz CT molecular complexity index is 767. The van der Waals surface area contributed by atoms with Crippen LogP contribution in [0.15, 0.2) is 24.3 Å². The molecule has 1 saturated heterocycles. The molecule has 28 heavy (non-hydrogen) atoms. The van der Waals surface area contributed by atoms with Gasteiger partial charge in [0, 0.05) is 24.7 Å². The normalized spacial score (nSPS) is 17.0. The molecule has 0 atom stereocenters. The number of rotatable bonds is 5. The zero-order chi connectivity index (χ0) is 20.1. The van der Waals surface area contributed by atoms with Crippen molar-refractivity contribution in [1.82, 2.24) is 15.5 Å². The molecule has 0 spiro atoms. The first-order valence-corrected chi connectivity index (χ1v) is 9.56. The fraction of sp³-hybridized carbons (Fsp3) is 0.500. The fourth-order valence-corrected chi connectivity index (χ4v) is 3.17. The molecule has 8 nitrogen and oxygen atoms in total. The number of likely N-dealkylation sites (tertiary alicyclic amines) is 1. The van der Waals surface area contributed by atoms with Crippen LogP contribution < -0.4 is 10.6 Å². The van der Waals surface area contributed by atoms with E-state index in [4.69, 9.17) is 4.74 Å². The van der Waals surface area contributed by atoms with Crippen molar-refractivity contribution < 1.29 is 23.9 Å². The SMILES string of the molecule is Cc1ccccc1C(=O)N1CCC(C(=O)OCC(=O)NC(=O)NC2CC2)CC1.